The second kappa shape index (κ2) is 5.17. The van der Waals surface area contributed by atoms with Crippen molar-refractivity contribution in [3.8, 4) is 0 Å². The zero-order chi connectivity index (χ0) is 14.2. The van der Waals surface area contributed by atoms with Gasteiger partial charge in [-0.2, -0.15) is 13.2 Å². The Morgan fingerprint density at radius 2 is 2.11 bits per heavy atom. The first-order valence-electron chi connectivity index (χ1n) is 5.56. The van der Waals surface area contributed by atoms with E-state index in [1.165, 1.54) is 0 Å². The molecule has 1 aliphatic rings. The summed E-state index contributed by atoms with van der Waals surface area (Å²) in [6, 6.07) is 0.897. The molecular formula is C13H11Cl2F3N+. The highest BCUT2D eigenvalue weighted by atomic mass is 35.5. The molecule has 1 aromatic rings. The number of nitrogens with zero attached hydrogens (tertiary/aromatic N) is 1. The van der Waals surface area contributed by atoms with Crippen molar-refractivity contribution in [1.29, 1.82) is 0 Å². The summed E-state index contributed by atoms with van der Waals surface area (Å²) in [5.74, 6) is 0. The molecule has 0 fully saturated rings. The maximum absolute atomic E-state index is 12.5. The number of hydrogen-bond acceptors (Lipinski definition) is 1. The van der Waals surface area contributed by atoms with Crippen molar-refractivity contribution in [2.45, 2.75) is 24.9 Å². The maximum atomic E-state index is 12.5. The number of hydrogen-bond donors (Lipinski definition) is 0. The molecule has 102 valence electrons. The summed E-state index contributed by atoms with van der Waals surface area (Å²) in [5.41, 5.74) is 1.22. The van der Waals surface area contributed by atoms with E-state index in [0.29, 0.717) is 12.1 Å². The van der Waals surface area contributed by atoms with Gasteiger partial charge in [-0.25, -0.2) is 0 Å². The van der Waals surface area contributed by atoms with Crippen molar-refractivity contribution in [1.82, 2.24) is 4.98 Å². The first-order chi connectivity index (χ1) is 8.79. The van der Waals surface area contributed by atoms with E-state index >= 15 is 0 Å². The van der Waals surface area contributed by atoms with Crippen LogP contribution in [-0.4, -0.2) is 10.4 Å². The first kappa shape index (κ1) is 14.4. The number of allylic oxidation sites excluding steroid dienone is 4. The molecule has 1 unspecified atom stereocenters. The molecule has 1 aromatic heterocycles. The number of alkyl halides is 4. The van der Waals surface area contributed by atoms with Gasteiger partial charge in [-0.1, -0.05) is 17.7 Å². The minimum Gasteiger partial charge on any atom is -0.254 e. The fourth-order valence-corrected chi connectivity index (χ4v) is 2.23. The van der Waals surface area contributed by atoms with Crippen LogP contribution >= 0.6 is 11.6 Å². The average molecular weight is 309 g/mol. The van der Waals surface area contributed by atoms with Gasteiger partial charge in [0, 0.05) is 12.6 Å². The van der Waals surface area contributed by atoms with Gasteiger partial charge >= 0.3 is 6.18 Å². The van der Waals surface area contributed by atoms with Crippen LogP contribution in [0.1, 0.15) is 24.6 Å². The topological polar surface area (TPSA) is 12.9 Å². The molecule has 0 aromatic carbocycles. The fourth-order valence-electron chi connectivity index (χ4n) is 1.79. The van der Waals surface area contributed by atoms with Crippen LogP contribution < -0.4 is 0 Å². The lowest BCUT2D eigenvalue weighted by atomic mass is 9.97. The molecule has 1 nitrogen and oxygen atoms in total. The van der Waals surface area contributed by atoms with E-state index < -0.39 is 11.7 Å². The zero-order valence-corrected chi connectivity index (χ0v) is 11.5. The van der Waals surface area contributed by atoms with Crippen LogP contribution in [-0.2, 0) is 6.18 Å². The molecule has 1 atom stereocenters. The Labute approximate surface area is 118 Å². The van der Waals surface area contributed by atoms with E-state index in [4.69, 9.17) is 23.2 Å². The summed E-state index contributed by atoms with van der Waals surface area (Å²) >= 11 is 11.1. The van der Waals surface area contributed by atoms with Crippen molar-refractivity contribution >= 4 is 17.2 Å². The Kier molecular flexibility index (Phi) is 3.92. The van der Waals surface area contributed by atoms with E-state index in [1.807, 2.05) is 19.1 Å². The highest BCUT2D eigenvalue weighted by Crippen LogP contribution is 2.34. The Bertz CT molecular complexity index is 561. The molecule has 0 amide bonds. The quantitative estimate of drug-likeness (QED) is 0.711. The molecule has 0 saturated carbocycles. The molecular weight excluding hydrogens is 298 g/mol. The van der Waals surface area contributed by atoms with E-state index in [1.54, 1.807) is 0 Å². The molecule has 0 radical (unpaired) electrons. The Balaban J connectivity index is 2.38. The molecule has 0 aliphatic heterocycles. The highest BCUT2D eigenvalue weighted by Gasteiger charge is 2.32. The van der Waals surface area contributed by atoms with Crippen molar-refractivity contribution in [3.63, 3.8) is 0 Å². The van der Waals surface area contributed by atoms with Gasteiger partial charge in [0.25, 0.3) is 0 Å². The van der Waals surface area contributed by atoms with E-state index in [-0.39, 0.29) is 10.4 Å². The van der Waals surface area contributed by atoms with Gasteiger partial charge in [0.1, 0.15) is 11.6 Å². The van der Waals surface area contributed by atoms with Gasteiger partial charge in [0.05, 0.1) is 16.3 Å². The normalized spacial score (nSPS) is 20.0. The van der Waals surface area contributed by atoms with Crippen LogP contribution in [0, 0.1) is 11.6 Å². The second-order valence-corrected chi connectivity index (χ2v) is 5.30. The van der Waals surface area contributed by atoms with Crippen molar-refractivity contribution in [3.05, 3.63) is 46.3 Å². The van der Waals surface area contributed by atoms with Gasteiger partial charge < -0.3 is 0 Å². The SMILES string of the molecule is CC1=CC(c2ncc(C(F)(F)F)cc2Cl)=CCC1[ClH+]. The fraction of sp³-hybridized carbons (Fsp3) is 0.308. The third-order valence-corrected chi connectivity index (χ3v) is 3.74. The van der Waals surface area contributed by atoms with E-state index in [2.05, 4.69) is 4.98 Å². The minimum absolute atomic E-state index is 0.00653. The number of rotatable bonds is 1. The monoisotopic (exact) mass is 308 g/mol. The molecule has 1 aliphatic carbocycles. The van der Waals surface area contributed by atoms with Crippen molar-refractivity contribution in [2.75, 3.05) is 0 Å². The second-order valence-electron chi connectivity index (χ2n) is 4.32. The number of aromatic nitrogens is 1. The molecule has 0 spiro atoms. The van der Waals surface area contributed by atoms with Gasteiger partial charge in [-0.3, -0.25) is 4.98 Å². The first-order valence-corrected chi connectivity index (χ1v) is 6.41. The van der Waals surface area contributed by atoms with Gasteiger partial charge in [0.2, 0.25) is 5.38 Å². The van der Waals surface area contributed by atoms with Gasteiger partial charge in [0.15, 0.2) is 0 Å². The minimum atomic E-state index is -4.44. The van der Waals surface area contributed by atoms with Crippen LogP contribution in [0.2, 0.25) is 5.02 Å². The molecule has 0 N–H and O–H groups in total. The Hall–Kier alpha value is -1.00. The summed E-state index contributed by atoms with van der Waals surface area (Å²) in [5, 5.41) is 0.0184. The van der Waals surface area contributed by atoms with Crippen LogP contribution in [0.4, 0.5) is 13.2 Å². The molecule has 2 rings (SSSR count). The van der Waals surface area contributed by atoms with Crippen LogP contribution in [0.5, 0.6) is 0 Å². The molecule has 6 heteroatoms. The molecule has 0 bridgehead atoms. The van der Waals surface area contributed by atoms with Crippen molar-refractivity contribution in [2.24, 2.45) is 0 Å². The Morgan fingerprint density at radius 3 is 2.63 bits per heavy atom. The third-order valence-electron chi connectivity index (χ3n) is 2.88. The smallest absolute Gasteiger partial charge is 0.254 e. The maximum Gasteiger partial charge on any atom is 0.417 e. The summed E-state index contributed by atoms with van der Waals surface area (Å²) in [6.45, 7) is 1.89. The van der Waals surface area contributed by atoms with E-state index in [9.17, 15) is 13.2 Å². The zero-order valence-electron chi connectivity index (χ0n) is 9.96. The lowest BCUT2D eigenvalue weighted by molar-refractivity contribution is -0.405. The van der Waals surface area contributed by atoms with Gasteiger partial charge in [-0.05, 0) is 30.2 Å². The average Bonchev–Trinajstić information content (AvgIpc) is 2.31. The standard InChI is InChI=1S/C13H11Cl2F3N/c1-7-4-8(2-3-10(7)14)12-11(15)5-9(6-19-12)13(16,17)18/h2,4-6,10,14H,3H2,1H3/q+1. The van der Waals surface area contributed by atoms with Crippen LogP contribution in [0.25, 0.3) is 5.57 Å². The lowest BCUT2D eigenvalue weighted by Crippen LogP contribution is -2.09. The highest BCUT2D eigenvalue weighted by molar-refractivity contribution is 6.32. The lowest BCUT2D eigenvalue weighted by Gasteiger charge is -2.13. The summed E-state index contributed by atoms with van der Waals surface area (Å²) < 4.78 is 37.5. The Morgan fingerprint density at radius 1 is 1.42 bits per heavy atom. The number of halogens is 5. The molecule has 0 saturated heterocycles. The predicted octanol–water partition coefficient (Wildman–Crippen LogP) is 4.14. The summed E-state index contributed by atoms with van der Waals surface area (Å²) in [6.07, 6.45) is 0.694. The third kappa shape index (κ3) is 3.12. The number of pyridine rings is 1. The summed E-state index contributed by atoms with van der Waals surface area (Å²) in [7, 11) is 0. The van der Waals surface area contributed by atoms with Crippen LogP contribution in [0.3, 0.4) is 0 Å². The van der Waals surface area contributed by atoms with Gasteiger partial charge in [-0.15, -0.1) is 0 Å². The van der Waals surface area contributed by atoms with Crippen LogP contribution in [0.15, 0.2) is 30.0 Å². The molecule has 1 heterocycles. The molecule has 19 heavy (non-hydrogen) atoms. The van der Waals surface area contributed by atoms with E-state index in [0.717, 1.165) is 23.4 Å². The summed E-state index contributed by atoms with van der Waals surface area (Å²) in [4.78, 5) is 3.83. The predicted molar refractivity (Wildman–Crippen MR) is 65.8 cm³/mol. The largest absolute Gasteiger partial charge is 0.417 e. The van der Waals surface area contributed by atoms with Crippen molar-refractivity contribution < 1.29 is 24.8 Å².